The van der Waals surface area contributed by atoms with E-state index in [1.54, 1.807) is 6.20 Å². The van der Waals surface area contributed by atoms with Crippen molar-refractivity contribution in [3.05, 3.63) is 78.6 Å². The van der Waals surface area contributed by atoms with Crippen LogP contribution in [0.2, 0.25) is 0 Å². The van der Waals surface area contributed by atoms with Crippen LogP contribution in [-0.2, 0) is 11.3 Å². The number of para-hydroxylation sites is 1. The molecule has 0 radical (unpaired) electrons. The number of carbonyl (C=O) groups is 1. The van der Waals surface area contributed by atoms with Crippen LogP contribution >= 0.6 is 0 Å². The molecule has 0 spiro atoms. The highest BCUT2D eigenvalue weighted by Gasteiger charge is 2.30. The number of benzene rings is 2. The number of aromatic nitrogens is 2. The van der Waals surface area contributed by atoms with Crippen LogP contribution in [0, 0.1) is 0 Å². The van der Waals surface area contributed by atoms with Gasteiger partial charge in [-0.1, -0.05) is 30.3 Å². The fourth-order valence-corrected chi connectivity index (χ4v) is 3.83. The summed E-state index contributed by atoms with van der Waals surface area (Å²) in [7, 11) is 0. The smallest absolute Gasteiger partial charge is 0.223 e. The third-order valence-electron chi connectivity index (χ3n) is 5.46. The molecule has 1 amide bonds. The zero-order valence-corrected chi connectivity index (χ0v) is 17.1. The summed E-state index contributed by atoms with van der Waals surface area (Å²) >= 11 is 0. The molecule has 1 fully saturated rings. The molecule has 1 atom stereocenters. The molecule has 30 heavy (non-hydrogen) atoms. The lowest BCUT2D eigenvalue weighted by Crippen LogP contribution is -2.35. The lowest BCUT2D eigenvalue weighted by atomic mass is 10.1. The Morgan fingerprint density at radius 1 is 1.03 bits per heavy atom. The van der Waals surface area contributed by atoms with Gasteiger partial charge in [0.05, 0.1) is 5.69 Å². The molecule has 0 aliphatic carbocycles. The Balaban J connectivity index is 1.21. The molecule has 156 valence electrons. The van der Waals surface area contributed by atoms with E-state index in [9.17, 15) is 4.79 Å². The predicted octanol–water partition coefficient (Wildman–Crippen LogP) is 3.42. The molecule has 6 nitrogen and oxygen atoms in total. The van der Waals surface area contributed by atoms with E-state index in [-0.39, 0.29) is 5.91 Å². The van der Waals surface area contributed by atoms with Gasteiger partial charge in [0, 0.05) is 37.9 Å². The summed E-state index contributed by atoms with van der Waals surface area (Å²) in [6.07, 6.45) is 6.23. The van der Waals surface area contributed by atoms with Crippen molar-refractivity contribution in [2.75, 3.05) is 19.7 Å². The average Bonchev–Trinajstić information content (AvgIpc) is 3.43. The Kier molecular flexibility index (Phi) is 6.77. The number of ether oxygens (including phenoxy) is 1. The summed E-state index contributed by atoms with van der Waals surface area (Å²) in [6.45, 7) is 2.98. The standard InChI is InChI=1S/C24H28N4O2/c29-24-12-11-21(13-15-25-16-18-30-23-5-2-1-3-6-23)27(24)19-20-7-9-22(10-8-20)28-17-4-14-26-28/h1-10,14,17,21,25H,11-13,15-16,18-19H2/t21-/m0/s1. The normalized spacial score (nSPS) is 16.2. The molecule has 0 bridgehead atoms. The van der Waals surface area contributed by atoms with Crippen LogP contribution in [0.25, 0.3) is 5.69 Å². The van der Waals surface area contributed by atoms with Gasteiger partial charge in [-0.3, -0.25) is 4.79 Å². The van der Waals surface area contributed by atoms with Crippen molar-refractivity contribution in [1.82, 2.24) is 20.0 Å². The quantitative estimate of drug-likeness (QED) is 0.526. The van der Waals surface area contributed by atoms with E-state index in [0.717, 1.165) is 42.9 Å². The maximum absolute atomic E-state index is 12.4. The molecule has 3 aromatic rings. The number of carbonyl (C=O) groups excluding carboxylic acids is 1. The van der Waals surface area contributed by atoms with E-state index in [0.29, 0.717) is 25.6 Å². The van der Waals surface area contributed by atoms with Gasteiger partial charge in [0.1, 0.15) is 12.4 Å². The third-order valence-corrected chi connectivity index (χ3v) is 5.46. The summed E-state index contributed by atoms with van der Waals surface area (Å²) in [6, 6.07) is 20.3. The molecule has 0 saturated carbocycles. The molecule has 1 aliphatic rings. The number of nitrogens with zero attached hydrogens (tertiary/aromatic N) is 3. The summed E-state index contributed by atoms with van der Waals surface area (Å²) in [5, 5.41) is 7.68. The highest BCUT2D eigenvalue weighted by Crippen LogP contribution is 2.24. The Bertz CT molecular complexity index is 910. The lowest BCUT2D eigenvalue weighted by Gasteiger charge is -2.25. The second-order valence-corrected chi connectivity index (χ2v) is 7.53. The predicted molar refractivity (Wildman–Crippen MR) is 117 cm³/mol. The van der Waals surface area contributed by atoms with Gasteiger partial charge in [0.25, 0.3) is 0 Å². The van der Waals surface area contributed by atoms with Gasteiger partial charge in [-0.15, -0.1) is 0 Å². The fourth-order valence-electron chi connectivity index (χ4n) is 3.83. The van der Waals surface area contributed by atoms with Gasteiger partial charge >= 0.3 is 0 Å². The zero-order valence-electron chi connectivity index (χ0n) is 17.1. The van der Waals surface area contributed by atoms with Crippen molar-refractivity contribution in [3.63, 3.8) is 0 Å². The van der Waals surface area contributed by atoms with Crippen molar-refractivity contribution in [3.8, 4) is 11.4 Å². The van der Waals surface area contributed by atoms with Gasteiger partial charge in [-0.2, -0.15) is 5.10 Å². The zero-order chi connectivity index (χ0) is 20.6. The molecule has 6 heteroatoms. The van der Waals surface area contributed by atoms with Crippen LogP contribution in [0.3, 0.4) is 0 Å². The Labute approximate surface area is 177 Å². The highest BCUT2D eigenvalue weighted by atomic mass is 16.5. The van der Waals surface area contributed by atoms with Gasteiger partial charge in [-0.25, -0.2) is 4.68 Å². The first-order valence-electron chi connectivity index (χ1n) is 10.6. The molecule has 2 heterocycles. The Morgan fingerprint density at radius 2 is 1.87 bits per heavy atom. The summed E-state index contributed by atoms with van der Waals surface area (Å²) in [5.41, 5.74) is 2.17. The van der Waals surface area contributed by atoms with Crippen molar-refractivity contribution < 1.29 is 9.53 Å². The largest absolute Gasteiger partial charge is 0.492 e. The maximum Gasteiger partial charge on any atom is 0.223 e. The fraction of sp³-hybridized carbons (Fsp3) is 0.333. The van der Waals surface area contributed by atoms with Gasteiger partial charge in [0.15, 0.2) is 0 Å². The minimum Gasteiger partial charge on any atom is -0.492 e. The molecule has 1 saturated heterocycles. The topological polar surface area (TPSA) is 59.4 Å². The number of amides is 1. The third kappa shape index (κ3) is 5.27. The van der Waals surface area contributed by atoms with Gasteiger partial charge in [-0.05, 0) is 55.3 Å². The SMILES string of the molecule is O=C1CC[C@@H](CCNCCOc2ccccc2)N1Cc1ccc(-n2cccn2)cc1. The highest BCUT2D eigenvalue weighted by molar-refractivity contribution is 5.78. The Hall–Kier alpha value is -3.12. The van der Waals surface area contributed by atoms with Crippen molar-refractivity contribution in [2.45, 2.75) is 31.8 Å². The molecule has 1 aliphatic heterocycles. The van der Waals surface area contributed by atoms with Crippen LogP contribution in [0.4, 0.5) is 0 Å². The van der Waals surface area contributed by atoms with Gasteiger partial charge in [0.2, 0.25) is 5.91 Å². The molecule has 1 aromatic heterocycles. The maximum atomic E-state index is 12.4. The van der Waals surface area contributed by atoms with E-state index < -0.39 is 0 Å². The van der Waals surface area contributed by atoms with Crippen LogP contribution in [-0.4, -0.2) is 46.3 Å². The van der Waals surface area contributed by atoms with Crippen molar-refractivity contribution >= 4 is 5.91 Å². The van der Waals surface area contributed by atoms with Crippen molar-refractivity contribution in [1.29, 1.82) is 0 Å². The molecular formula is C24H28N4O2. The van der Waals surface area contributed by atoms with E-state index in [1.807, 2.05) is 64.3 Å². The molecule has 1 N–H and O–H groups in total. The molecule has 2 aromatic carbocycles. The van der Waals surface area contributed by atoms with Crippen LogP contribution in [0.5, 0.6) is 5.75 Å². The number of hydrogen-bond acceptors (Lipinski definition) is 4. The summed E-state index contributed by atoms with van der Waals surface area (Å²) in [4.78, 5) is 14.4. The minimum absolute atomic E-state index is 0.253. The average molecular weight is 405 g/mol. The second kappa shape index (κ2) is 10.1. The molecule has 0 unspecified atom stereocenters. The Morgan fingerprint density at radius 3 is 2.63 bits per heavy atom. The number of hydrogen-bond donors (Lipinski definition) is 1. The van der Waals surface area contributed by atoms with Crippen molar-refractivity contribution in [2.24, 2.45) is 0 Å². The van der Waals surface area contributed by atoms with Crippen LogP contribution in [0.15, 0.2) is 73.1 Å². The van der Waals surface area contributed by atoms with E-state index in [1.165, 1.54) is 0 Å². The first-order valence-corrected chi connectivity index (χ1v) is 10.6. The number of nitrogens with one attached hydrogen (secondary N) is 1. The van der Waals surface area contributed by atoms with E-state index >= 15 is 0 Å². The molecular weight excluding hydrogens is 376 g/mol. The van der Waals surface area contributed by atoms with Gasteiger partial charge < -0.3 is 15.0 Å². The number of rotatable bonds is 10. The first-order chi connectivity index (χ1) is 14.8. The first kappa shape index (κ1) is 20.2. The van der Waals surface area contributed by atoms with Crippen LogP contribution < -0.4 is 10.1 Å². The minimum atomic E-state index is 0.253. The van der Waals surface area contributed by atoms with Crippen LogP contribution in [0.1, 0.15) is 24.8 Å². The summed E-state index contributed by atoms with van der Waals surface area (Å²) < 4.78 is 7.53. The molecule has 4 rings (SSSR count). The monoisotopic (exact) mass is 404 g/mol. The van der Waals surface area contributed by atoms with E-state index in [2.05, 4.69) is 22.5 Å². The van der Waals surface area contributed by atoms with E-state index in [4.69, 9.17) is 4.74 Å². The second-order valence-electron chi connectivity index (χ2n) is 7.53. The lowest BCUT2D eigenvalue weighted by molar-refractivity contribution is -0.129. The number of likely N-dealkylation sites (tertiary alicyclic amines) is 1. The summed E-state index contributed by atoms with van der Waals surface area (Å²) in [5.74, 6) is 1.15.